The minimum atomic E-state index is -0.340. The molecule has 0 bridgehead atoms. The van der Waals surface area contributed by atoms with Crippen LogP contribution in [0, 0.1) is 26.6 Å². The van der Waals surface area contributed by atoms with Crippen molar-refractivity contribution in [2.24, 2.45) is 0 Å². The van der Waals surface area contributed by atoms with Gasteiger partial charge in [0.2, 0.25) is 0 Å². The van der Waals surface area contributed by atoms with Crippen molar-refractivity contribution >= 4 is 44.6 Å². The number of anilines is 1. The number of amides is 1. The number of rotatable bonds is 2. The Labute approximate surface area is 142 Å². The summed E-state index contributed by atoms with van der Waals surface area (Å²) in [6, 6.07) is 8.37. The third-order valence-electron chi connectivity index (χ3n) is 3.71. The van der Waals surface area contributed by atoms with Gasteiger partial charge in [-0.3, -0.25) is 4.79 Å². The van der Waals surface area contributed by atoms with Crippen LogP contribution in [0.25, 0.3) is 10.1 Å². The average Bonchev–Trinajstić information content (AvgIpc) is 2.79. The van der Waals surface area contributed by atoms with Crippen molar-refractivity contribution < 1.29 is 9.18 Å². The van der Waals surface area contributed by atoms with Gasteiger partial charge >= 0.3 is 0 Å². The number of hydrogen-bond acceptors (Lipinski definition) is 2. The summed E-state index contributed by atoms with van der Waals surface area (Å²) in [5.41, 5.74) is 3.94. The van der Waals surface area contributed by atoms with Gasteiger partial charge in [0, 0.05) is 15.8 Å². The Morgan fingerprint density at radius 1 is 1.13 bits per heavy atom. The van der Waals surface area contributed by atoms with Gasteiger partial charge < -0.3 is 5.32 Å². The van der Waals surface area contributed by atoms with E-state index in [-0.39, 0.29) is 11.7 Å². The lowest BCUT2D eigenvalue weighted by molar-refractivity contribution is 0.103. The van der Waals surface area contributed by atoms with Crippen LogP contribution in [0.3, 0.4) is 0 Å². The lowest BCUT2D eigenvalue weighted by Gasteiger charge is -2.12. The van der Waals surface area contributed by atoms with Crippen LogP contribution in [0.5, 0.6) is 0 Å². The highest BCUT2D eigenvalue weighted by molar-refractivity contribution is 7.21. The van der Waals surface area contributed by atoms with E-state index in [0.717, 1.165) is 22.4 Å². The molecule has 118 valence electrons. The van der Waals surface area contributed by atoms with E-state index in [4.69, 9.17) is 11.6 Å². The first-order valence-electron chi connectivity index (χ1n) is 7.13. The molecule has 0 saturated heterocycles. The van der Waals surface area contributed by atoms with Crippen molar-refractivity contribution in [2.45, 2.75) is 20.8 Å². The fourth-order valence-corrected chi connectivity index (χ4v) is 4.17. The minimum Gasteiger partial charge on any atom is -0.321 e. The number of carbonyl (C=O) groups excluding carboxylic acids is 1. The predicted molar refractivity (Wildman–Crippen MR) is 95.4 cm³/mol. The third kappa shape index (κ3) is 2.96. The molecule has 23 heavy (non-hydrogen) atoms. The molecular formula is C18H15ClFNOS. The topological polar surface area (TPSA) is 29.1 Å². The van der Waals surface area contributed by atoms with Crippen molar-refractivity contribution in [2.75, 3.05) is 5.32 Å². The Morgan fingerprint density at radius 3 is 2.43 bits per heavy atom. The molecule has 1 heterocycles. The molecule has 1 aromatic heterocycles. The number of carbonyl (C=O) groups is 1. The number of thiophene rings is 1. The van der Waals surface area contributed by atoms with Gasteiger partial charge in [0.05, 0.1) is 5.02 Å². The van der Waals surface area contributed by atoms with E-state index >= 15 is 0 Å². The lowest BCUT2D eigenvalue weighted by atomic mass is 10.1. The first-order valence-corrected chi connectivity index (χ1v) is 8.33. The summed E-state index contributed by atoms with van der Waals surface area (Å²) in [4.78, 5) is 13.0. The molecule has 0 unspecified atom stereocenters. The summed E-state index contributed by atoms with van der Waals surface area (Å²) in [5.74, 6) is -0.612. The van der Waals surface area contributed by atoms with Crippen LogP contribution < -0.4 is 5.32 Å². The Kier molecular flexibility index (Phi) is 4.13. The molecule has 5 heteroatoms. The average molecular weight is 348 g/mol. The monoisotopic (exact) mass is 347 g/mol. The molecule has 0 aliphatic rings. The molecule has 2 aromatic carbocycles. The number of halogens is 2. The highest BCUT2D eigenvalue weighted by Crippen LogP contribution is 2.36. The lowest BCUT2D eigenvalue weighted by Crippen LogP contribution is -2.13. The second-order valence-corrected chi connectivity index (χ2v) is 7.04. The van der Waals surface area contributed by atoms with Gasteiger partial charge in [0.25, 0.3) is 5.91 Å². The summed E-state index contributed by atoms with van der Waals surface area (Å²) in [7, 11) is 0. The summed E-state index contributed by atoms with van der Waals surface area (Å²) in [5, 5.41) is 3.99. The van der Waals surface area contributed by atoms with Crippen LogP contribution in [0.15, 0.2) is 30.3 Å². The largest absolute Gasteiger partial charge is 0.321 e. The first-order chi connectivity index (χ1) is 10.9. The van der Waals surface area contributed by atoms with Crippen LogP contribution >= 0.6 is 22.9 Å². The normalized spacial score (nSPS) is 11.0. The van der Waals surface area contributed by atoms with Crippen molar-refractivity contribution in [1.29, 1.82) is 0 Å². The summed E-state index contributed by atoms with van der Waals surface area (Å²) >= 11 is 7.50. The van der Waals surface area contributed by atoms with Crippen LogP contribution in [0.1, 0.15) is 26.4 Å². The zero-order valence-corrected chi connectivity index (χ0v) is 14.5. The van der Waals surface area contributed by atoms with Gasteiger partial charge in [-0.25, -0.2) is 4.39 Å². The van der Waals surface area contributed by atoms with Gasteiger partial charge in [-0.15, -0.1) is 11.3 Å². The van der Waals surface area contributed by atoms with Crippen LogP contribution in [-0.2, 0) is 0 Å². The molecule has 0 atom stereocenters. The van der Waals surface area contributed by atoms with Gasteiger partial charge in [-0.2, -0.15) is 0 Å². The van der Waals surface area contributed by atoms with Crippen LogP contribution in [0.2, 0.25) is 5.02 Å². The molecule has 0 radical (unpaired) electrons. The SMILES string of the molecule is Cc1cc(C)c(NC(=O)c2sc3cc(F)ccc3c2Cl)c(C)c1. The van der Waals surface area contributed by atoms with Gasteiger partial charge in [0.15, 0.2) is 0 Å². The molecule has 0 spiro atoms. The van der Waals surface area contributed by atoms with Crippen molar-refractivity contribution in [3.63, 3.8) is 0 Å². The fourth-order valence-electron chi connectivity index (χ4n) is 2.73. The number of aryl methyl sites for hydroxylation is 3. The second kappa shape index (κ2) is 5.95. The molecular weight excluding hydrogens is 333 g/mol. The Balaban J connectivity index is 2.00. The third-order valence-corrected chi connectivity index (χ3v) is 5.37. The zero-order chi connectivity index (χ0) is 16.7. The first kappa shape index (κ1) is 16.0. The van der Waals surface area contributed by atoms with Gasteiger partial charge in [-0.05, 0) is 50.1 Å². The van der Waals surface area contributed by atoms with E-state index in [1.54, 1.807) is 6.07 Å². The zero-order valence-electron chi connectivity index (χ0n) is 13.0. The van der Waals surface area contributed by atoms with Crippen LogP contribution in [0.4, 0.5) is 10.1 Å². The Morgan fingerprint density at radius 2 is 1.78 bits per heavy atom. The summed E-state index contributed by atoms with van der Waals surface area (Å²) in [6.07, 6.45) is 0. The second-order valence-electron chi connectivity index (χ2n) is 5.61. The molecule has 1 amide bonds. The van der Waals surface area contributed by atoms with Crippen molar-refractivity contribution in [1.82, 2.24) is 0 Å². The predicted octanol–water partition coefficient (Wildman–Crippen LogP) is 5.87. The molecule has 0 aliphatic heterocycles. The molecule has 1 N–H and O–H groups in total. The Hall–Kier alpha value is -1.91. The number of hydrogen-bond donors (Lipinski definition) is 1. The fraction of sp³-hybridized carbons (Fsp3) is 0.167. The summed E-state index contributed by atoms with van der Waals surface area (Å²) < 4.78 is 14.0. The number of nitrogens with one attached hydrogen (secondary N) is 1. The van der Waals surface area contributed by atoms with E-state index in [0.29, 0.717) is 20.0 Å². The van der Waals surface area contributed by atoms with Gasteiger partial charge in [0.1, 0.15) is 10.7 Å². The quantitative estimate of drug-likeness (QED) is 0.617. The maximum absolute atomic E-state index is 13.3. The van der Waals surface area contributed by atoms with Crippen molar-refractivity contribution in [3.8, 4) is 0 Å². The van der Waals surface area contributed by atoms with E-state index in [9.17, 15) is 9.18 Å². The van der Waals surface area contributed by atoms with Crippen molar-refractivity contribution in [3.05, 3.63) is 62.7 Å². The highest BCUT2D eigenvalue weighted by atomic mass is 35.5. The summed E-state index contributed by atoms with van der Waals surface area (Å²) in [6.45, 7) is 5.93. The molecule has 3 rings (SSSR count). The van der Waals surface area contributed by atoms with Gasteiger partial charge in [-0.1, -0.05) is 29.3 Å². The van der Waals surface area contributed by atoms with E-state index in [1.165, 1.54) is 23.5 Å². The number of benzene rings is 2. The number of fused-ring (bicyclic) bond motifs is 1. The standard InChI is InChI=1S/C18H15ClFNOS/c1-9-6-10(2)16(11(3)7-9)21-18(22)17-15(19)13-5-4-12(20)8-14(13)23-17/h4-8H,1-3H3,(H,21,22). The maximum Gasteiger partial charge on any atom is 0.267 e. The Bertz CT molecular complexity index is 909. The minimum absolute atomic E-state index is 0.272. The van der Waals surface area contributed by atoms with E-state index < -0.39 is 0 Å². The molecule has 2 nitrogen and oxygen atoms in total. The molecule has 0 saturated carbocycles. The maximum atomic E-state index is 13.3. The molecule has 0 fully saturated rings. The van der Waals surface area contributed by atoms with Crippen LogP contribution in [-0.4, -0.2) is 5.91 Å². The van der Waals surface area contributed by atoms with E-state index in [2.05, 4.69) is 5.32 Å². The highest BCUT2D eigenvalue weighted by Gasteiger charge is 2.19. The molecule has 0 aliphatic carbocycles. The smallest absolute Gasteiger partial charge is 0.267 e. The van der Waals surface area contributed by atoms with E-state index in [1.807, 2.05) is 32.9 Å². The molecule has 3 aromatic rings.